The second-order valence-corrected chi connectivity index (χ2v) is 2.87. The number of ketones is 1. The first-order valence-electron chi connectivity index (χ1n) is 3.88. The van der Waals surface area contributed by atoms with Gasteiger partial charge in [0, 0.05) is 11.5 Å². The van der Waals surface area contributed by atoms with Gasteiger partial charge in [0.15, 0.2) is 5.78 Å². The average Bonchev–Trinajstić information content (AvgIpc) is 2.84. The smallest absolute Gasteiger partial charge is 0.168 e. The molecule has 0 N–H and O–H groups in total. The maximum atomic E-state index is 12.9. The Bertz CT molecular complexity index is 259. The molecule has 0 unspecified atom stereocenters. The van der Waals surface area contributed by atoms with Crippen LogP contribution in [0.1, 0.15) is 12.8 Å². The van der Waals surface area contributed by atoms with E-state index in [9.17, 15) is 9.18 Å². The maximum Gasteiger partial charge on any atom is 0.168 e. The number of allylic oxidation sites excluding steroid dienone is 4. The van der Waals surface area contributed by atoms with Crippen LogP contribution in [-0.2, 0) is 4.79 Å². The van der Waals surface area contributed by atoms with Gasteiger partial charge in [-0.1, -0.05) is 19.2 Å². The Morgan fingerprint density at radius 3 is 2.50 bits per heavy atom. The highest BCUT2D eigenvalue weighted by Crippen LogP contribution is 2.33. The highest BCUT2D eigenvalue weighted by Gasteiger charge is 2.31. The molecule has 0 atom stereocenters. The van der Waals surface area contributed by atoms with E-state index >= 15 is 0 Å². The summed E-state index contributed by atoms with van der Waals surface area (Å²) >= 11 is 0. The van der Waals surface area contributed by atoms with Crippen LogP contribution in [0.2, 0.25) is 0 Å². The van der Waals surface area contributed by atoms with E-state index in [0.29, 0.717) is 0 Å². The molecule has 0 bridgehead atoms. The lowest BCUT2D eigenvalue weighted by atomic mass is 10.1. The van der Waals surface area contributed by atoms with Gasteiger partial charge in [0.2, 0.25) is 0 Å². The van der Waals surface area contributed by atoms with Gasteiger partial charge in [0.05, 0.1) is 0 Å². The summed E-state index contributed by atoms with van der Waals surface area (Å²) in [6.45, 7) is 6.73. The van der Waals surface area contributed by atoms with Gasteiger partial charge < -0.3 is 0 Å². The van der Waals surface area contributed by atoms with Crippen LogP contribution in [0, 0.1) is 5.92 Å². The van der Waals surface area contributed by atoms with Crippen molar-refractivity contribution in [3.63, 3.8) is 0 Å². The predicted molar refractivity (Wildman–Crippen MR) is 46.3 cm³/mol. The highest BCUT2D eigenvalue weighted by molar-refractivity contribution is 6.01. The molecule has 1 nitrogen and oxygen atoms in total. The second-order valence-electron chi connectivity index (χ2n) is 2.87. The summed E-state index contributed by atoms with van der Waals surface area (Å²) in [5, 5.41) is 0. The lowest BCUT2D eigenvalue weighted by Gasteiger charge is -1.98. The molecule has 64 valence electrons. The predicted octanol–water partition coefficient (Wildman–Crippen LogP) is 2.56. The monoisotopic (exact) mass is 166 g/mol. The molecule has 1 rings (SSSR count). The van der Waals surface area contributed by atoms with Crippen molar-refractivity contribution in [3.8, 4) is 0 Å². The van der Waals surface area contributed by atoms with Crippen LogP contribution >= 0.6 is 0 Å². The number of hydrogen-bond acceptors (Lipinski definition) is 1. The number of carbonyl (C=O) groups excluding carboxylic acids is 1. The molecule has 0 radical (unpaired) electrons. The van der Waals surface area contributed by atoms with Gasteiger partial charge in [-0.25, -0.2) is 4.39 Å². The van der Waals surface area contributed by atoms with Gasteiger partial charge >= 0.3 is 0 Å². The molecule has 0 heterocycles. The van der Waals surface area contributed by atoms with Gasteiger partial charge in [0.1, 0.15) is 5.83 Å². The molecule has 2 heteroatoms. The van der Waals surface area contributed by atoms with Gasteiger partial charge in [-0.15, -0.1) is 0 Å². The Morgan fingerprint density at radius 1 is 1.50 bits per heavy atom. The minimum absolute atomic E-state index is 0.0163. The molecule has 1 aliphatic carbocycles. The minimum atomic E-state index is -0.568. The summed E-state index contributed by atoms with van der Waals surface area (Å²) in [7, 11) is 0. The van der Waals surface area contributed by atoms with Crippen LogP contribution in [0.3, 0.4) is 0 Å². The lowest BCUT2D eigenvalue weighted by molar-refractivity contribution is -0.116. The molecular formula is C10H11FO. The van der Waals surface area contributed by atoms with Gasteiger partial charge in [-0.2, -0.15) is 0 Å². The first-order chi connectivity index (χ1) is 5.66. The molecule has 1 aliphatic rings. The van der Waals surface area contributed by atoms with E-state index in [0.717, 1.165) is 18.9 Å². The van der Waals surface area contributed by atoms with Crippen molar-refractivity contribution in [2.45, 2.75) is 12.8 Å². The van der Waals surface area contributed by atoms with Gasteiger partial charge in [0.25, 0.3) is 0 Å². The normalized spacial score (nSPS) is 17.2. The van der Waals surface area contributed by atoms with Crippen molar-refractivity contribution in [2.75, 3.05) is 0 Å². The van der Waals surface area contributed by atoms with E-state index in [1.807, 2.05) is 0 Å². The molecular weight excluding hydrogens is 155 g/mol. The standard InChI is InChI=1S/C10H11FO/c1-3-4-9(11)7(2)10(12)8-5-6-8/h3-4,8H,1-2,5-6H2/b9-4+. The second kappa shape index (κ2) is 3.48. The minimum Gasteiger partial charge on any atom is -0.294 e. The summed E-state index contributed by atoms with van der Waals surface area (Å²) in [5.41, 5.74) is -0.0163. The zero-order valence-corrected chi connectivity index (χ0v) is 6.85. The van der Waals surface area contributed by atoms with Crippen molar-refractivity contribution in [3.05, 3.63) is 36.7 Å². The van der Waals surface area contributed by atoms with E-state index < -0.39 is 5.83 Å². The van der Waals surface area contributed by atoms with Crippen molar-refractivity contribution >= 4 is 5.78 Å². The molecule has 0 aromatic carbocycles. The third-order valence-corrected chi connectivity index (χ3v) is 1.80. The third-order valence-electron chi connectivity index (χ3n) is 1.80. The van der Waals surface area contributed by atoms with Gasteiger partial charge in [-0.05, 0) is 18.9 Å². The molecule has 0 amide bonds. The van der Waals surface area contributed by atoms with E-state index in [2.05, 4.69) is 13.2 Å². The summed E-state index contributed by atoms with van der Waals surface area (Å²) in [6.07, 6.45) is 4.21. The number of Topliss-reactive ketones (excluding diaryl/α,β-unsaturated/α-hetero) is 1. The molecule has 0 saturated heterocycles. The molecule has 12 heavy (non-hydrogen) atoms. The van der Waals surface area contributed by atoms with Crippen LogP contribution in [0.15, 0.2) is 36.7 Å². The number of halogens is 1. The zero-order chi connectivity index (χ0) is 9.14. The van der Waals surface area contributed by atoms with E-state index in [4.69, 9.17) is 0 Å². The molecule has 0 spiro atoms. The first kappa shape index (κ1) is 8.91. The van der Waals surface area contributed by atoms with E-state index in [1.165, 1.54) is 6.08 Å². The molecule has 0 aromatic rings. The van der Waals surface area contributed by atoms with E-state index in [-0.39, 0.29) is 17.3 Å². The molecule has 0 aromatic heterocycles. The van der Waals surface area contributed by atoms with Crippen molar-refractivity contribution in [1.82, 2.24) is 0 Å². The Balaban J connectivity index is 2.62. The SMILES string of the molecule is C=C/C=C(/F)C(=C)C(=O)C1CC1. The summed E-state index contributed by atoms with van der Waals surface area (Å²) in [4.78, 5) is 11.2. The number of carbonyl (C=O) groups is 1. The fourth-order valence-electron chi connectivity index (χ4n) is 0.914. The number of rotatable bonds is 4. The quantitative estimate of drug-likeness (QED) is 0.463. The summed E-state index contributed by atoms with van der Waals surface area (Å²) < 4.78 is 12.9. The topological polar surface area (TPSA) is 17.1 Å². The molecule has 1 fully saturated rings. The first-order valence-corrected chi connectivity index (χ1v) is 3.88. The van der Waals surface area contributed by atoms with Crippen LogP contribution < -0.4 is 0 Å². The van der Waals surface area contributed by atoms with Crippen LogP contribution in [0.5, 0.6) is 0 Å². The van der Waals surface area contributed by atoms with E-state index in [1.54, 1.807) is 0 Å². The van der Waals surface area contributed by atoms with Crippen molar-refractivity contribution in [2.24, 2.45) is 5.92 Å². The zero-order valence-electron chi connectivity index (χ0n) is 6.85. The highest BCUT2D eigenvalue weighted by atomic mass is 19.1. The van der Waals surface area contributed by atoms with Crippen LogP contribution in [-0.4, -0.2) is 5.78 Å². The summed E-state index contributed by atoms with van der Waals surface area (Å²) in [6, 6.07) is 0. The fraction of sp³-hybridized carbons (Fsp3) is 0.300. The Morgan fingerprint density at radius 2 is 2.08 bits per heavy atom. The Kier molecular flexibility index (Phi) is 2.58. The van der Waals surface area contributed by atoms with Crippen LogP contribution in [0.25, 0.3) is 0 Å². The summed E-state index contributed by atoms with van der Waals surface area (Å²) in [5.74, 6) is -0.700. The maximum absolute atomic E-state index is 12.9. The number of hydrogen-bond donors (Lipinski definition) is 0. The molecule has 0 aliphatic heterocycles. The average molecular weight is 166 g/mol. The van der Waals surface area contributed by atoms with Crippen LogP contribution in [0.4, 0.5) is 4.39 Å². The van der Waals surface area contributed by atoms with Gasteiger partial charge in [-0.3, -0.25) is 4.79 Å². The molecule has 1 saturated carbocycles. The lowest BCUT2D eigenvalue weighted by Crippen LogP contribution is -2.03. The Hall–Kier alpha value is -1.18. The third kappa shape index (κ3) is 1.91. The fourth-order valence-corrected chi connectivity index (χ4v) is 0.914. The Labute approximate surface area is 71.3 Å². The van der Waals surface area contributed by atoms with Crippen molar-refractivity contribution in [1.29, 1.82) is 0 Å². The largest absolute Gasteiger partial charge is 0.294 e. The van der Waals surface area contributed by atoms with Crippen molar-refractivity contribution < 1.29 is 9.18 Å².